The van der Waals surface area contributed by atoms with Crippen LogP contribution in [0.1, 0.15) is 11.1 Å². The number of hydrogen-bond acceptors (Lipinski definition) is 5. The van der Waals surface area contributed by atoms with E-state index in [-0.39, 0.29) is 16.4 Å². The van der Waals surface area contributed by atoms with E-state index in [1.807, 2.05) is 0 Å². The fourth-order valence-electron chi connectivity index (χ4n) is 3.00. The number of benzene rings is 2. The van der Waals surface area contributed by atoms with Gasteiger partial charge in [0.25, 0.3) is 20.0 Å². The van der Waals surface area contributed by atoms with Gasteiger partial charge in [-0.1, -0.05) is 23.2 Å². The first-order valence-electron chi connectivity index (χ1n) is 8.81. The van der Waals surface area contributed by atoms with Crippen LogP contribution >= 0.6 is 23.2 Å². The molecule has 0 aliphatic carbocycles. The van der Waals surface area contributed by atoms with Crippen LogP contribution in [0.2, 0.25) is 10.0 Å². The number of aryl methyl sites for hydroxylation is 1. The molecule has 1 unspecified atom stereocenters. The lowest BCUT2D eigenvalue weighted by Gasteiger charge is -2.25. The number of halogens is 5. The smallest absolute Gasteiger partial charge is 0.274 e. The third-order valence-electron chi connectivity index (χ3n) is 4.69. The van der Waals surface area contributed by atoms with Gasteiger partial charge in [0.2, 0.25) is 11.4 Å². The van der Waals surface area contributed by atoms with Crippen molar-refractivity contribution in [1.82, 2.24) is 4.48 Å². The molecule has 0 radical (unpaired) electrons. The molecule has 0 aromatic heterocycles. The molecule has 0 bridgehead atoms. The summed E-state index contributed by atoms with van der Waals surface area (Å²) in [5.41, 5.74) is -0.794. The minimum atomic E-state index is -4.87. The molecule has 2 aromatic carbocycles. The van der Waals surface area contributed by atoms with Crippen LogP contribution in [-0.4, -0.2) is 30.2 Å². The highest BCUT2D eigenvalue weighted by Gasteiger charge is 2.37. The third kappa shape index (κ3) is 5.18. The fourth-order valence-corrected chi connectivity index (χ4v) is 5.03. The van der Waals surface area contributed by atoms with Gasteiger partial charge < -0.3 is 0 Å². The van der Waals surface area contributed by atoms with E-state index >= 15 is 0 Å². The van der Waals surface area contributed by atoms with Crippen molar-refractivity contribution in [2.75, 3.05) is 11.8 Å². The van der Waals surface area contributed by atoms with Crippen molar-refractivity contribution < 1.29 is 30.0 Å². The van der Waals surface area contributed by atoms with E-state index in [0.29, 0.717) is 11.6 Å². The van der Waals surface area contributed by atoms with E-state index in [4.69, 9.17) is 28.3 Å². The van der Waals surface area contributed by atoms with Crippen LogP contribution in [0.25, 0.3) is 0 Å². The molecular weight excluding hydrogens is 528 g/mol. The zero-order chi connectivity index (χ0) is 25.0. The Morgan fingerprint density at radius 1 is 1.06 bits per heavy atom. The van der Waals surface area contributed by atoms with E-state index in [0.717, 1.165) is 18.3 Å². The summed E-state index contributed by atoms with van der Waals surface area (Å²) in [7, 11) is -7.21. The van der Waals surface area contributed by atoms with Crippen molar-refractivity contribution in [3.05, 3.63) is 62.7 Å². The minimum Gasteiger partial charge on any atom is -0.274 e. The molecule has 178 valence electrons. The van der Waals surface area contributed by atoms with Crippen LogP contribution in [-0.2, 0) is 26.2 Å². The number of sulfonamides is 2. The average Bonchev–Trinajstić information content (AvgIpc) is 3.07. The van der Waals surface area contributed by atoms with E-state index in [9.17, 15) is 30.0 Å². The molecule has 3 N–H and O–H groups in total. The fraction of sp³-hybridized carbons (Fsp3) is 0.167. The number of nitrogens with one attached hydrogen (secondary N) is 1. The van der Waals surface area contributed by atoms with Crippen LogP contribution in [0.5, 0.6) is 0 Å². The summed E-state index contributed by atoms with van der Waals surface area (Å²) >= 11 is 11.8. The van der Waals surface area contributed by atoms with Gasteiger partial charge in [-0.2, -0.15) is 18.2 Å². The van der Waals surface area contributed by atoms with Crippen molar-refractivity contribution >= 4 is 61.0 Å². The van der Waals surface area contributed by atoms with Crippen LogP contribution in [0.4, 0.5) is 24.5 Å². The molecule has 0 saturated heterocycles. The van der Waals surface area contributed by atoms with Crippen LogP contribution in [0, 0.1) is 6.92 Å². The molecule has 0 amide bonds. The minimum absolute atomic E-state index is 0.0683. The van der Waals surface area contributed by atoms with E-state index < -0.39 is 51.2 Å². The molecule has 0 spiro atoms. The molecule has 15 heteroatoms. The first-order valence-corrected chi connectivity index (χ1v) is 12.6. The molecule has 1 aliphatic rings. The Kier molecular flexibility index (Phi) is 6.37. The number of anilines is 1. The number of quaternary nitrogens is 1. The first-order chi connectivity index (χ1) is 14.9. The second kappa shape index (κ2) is 8.25. The van der Waals surface area contributed by atoms with E-state index in [2.05, 4.69) is 9.71 Å². The maximum atomic E-state index is 13.2. The highest BCUT2D eigenvalue weighted by atomic mass is 35.5. The number of nitrogens with two attached hydrogens (primary N) is 1. The number of nitrogens with zero attached hydrogens (tertiary/aromatic N) is 2. The van der Waals surface area contributed by atoms with Gasteiger partial charge in [-0.15, -0.1) is 0 Å². The quantitative estimate of drug-likeness (QED) is 0.549. The predicted molar refractivity (Wildman–Crippen MR) is 121 cm³/mol. The van der Waals surface area contributed by atoms with Gasteiger partial charge in [-0.05, 0) is 36.8 Å². The van der Waals surface area contributed by atoms with Crippen molar-refractivity contribution in [3.8, 4) is 0 Å². The van der Waals surface area contributed by atoms with Gasteiger partial charge in [-0.25, -0.2) is 26.5 Å². The van der Waals surface area contributed by atoms with Gasteiger partial charge in [-0.3, -0.25) is 4.72 Å². The lowest BCUT2D eigenvalue weighted by Crippen LogP contribution is -2.36. The third-order valence-corrected chi connectivity index (χ3v) is 7.58. The van der Waals surface area contributed by atoms with Crippen molar-refractivity contribution in [2.24, 2.45) is 10.1 Å². The monoisotopic (exact) mass is 543 g/mol. The molecule has 1 heterocycles. The number of hydrogen-bond donors (Lipinski definition) is 2. The summed E-state index contributed by atoms with van der Waals surface area (Å²) in [6.45, 7) is 1.58. The summed E-state index contributed by atoms with van der Waals surface area (Å²) in [6, 6.07) is 4.91. The van der Waals surface area contributed by atoms with Crippen LogP contribution in [0.3, 0.4) is 0 Å². The van der Waals surface area contributed by atoms with Gasteiger partial charge in [0.1, 0.15) is 11.9 Å². The van der Waals surface area contributed by atoms with Gasteiger partial charge in [0.15, 0.2) is 5.69 Å². The Bertz CT molecular complexity index is 1420. The van der Waals surface area contributed by atoms with Gasteiger partial charge >= 0.3 is 6.18 Å². The largest absolute Gasteiger partial charge is 0.417 e. The van der Waals surface area contributed by atoms with E-state index in [1.54, 1.807) is 6.92 Å². The lowest BCUT2D eigenvalue weighted by atomic mass is 10.1. The van der Waals surface area contributed by atoms with Crippen molar-refractivity contribution in [3.63, 3.8) is 0 Å². The van der Waals surface area contributed by atoms with Crippen LogP contribution in [0.15, 0.2) is 51.4 Å². The van der Waals surface area contributed by atoms with E-state index in [1.165, 1.54) is 25.5 Å². The SMILES string of the molecule is Cc1cc(NS(=O)(=O)c2ccc(Cl)c(C(F)(F)F)c2)c([N+]2(C)C=NC(S(N)(=O)=O)=C2)cc1Cl. The molecule has 0 fully saturated rings. The van der Waals surface area contributed by atoms with Gasteiger partial charge in [0, 0.05) is 11.1 Å². The molecule has 1 aliphatic heterocycles. The van der Waals surface area contributed by atoms with Crippen LogP contribution < -0.4 is 14.3 Å². The highest BCUT2D eigenvalue weighted by Crippen LogP contribution is 2.40. The first kappa shape index (κ1) is 25.5. The molecule has 33 heavy (non-hydrogen) atoms. The summed E-state index contributed by atoms with van der Waals surface area (Å²) in [6.07, 6.45) is -2.54. The Morgan fingerprint density at radius 2 is 1.70 bits per heavy atom. The molecule has 2 aromatic rings. The number of aliphatic imine (C=N–C) groups is 1. The Labute approximate surface area is 197 Å². The summed E-state index contributed by atoms with van der Waals surface area (Å²) in [5, 5.41) is 4.23. The zero-order valence-electron chi connectivity index (χ0n) is 16.9. The predicted octanol–water partition coefficient (Wildman–Crippen LogP) is 4.19. The van der Waals surface area contributed by atoms with Crippen molar-refractivity contribution in [1.29, 1.82) is 0 Å². The topological polar surface area (TPSA) is 119 Å². The summed E-state index contributed by atoms with van der Waals surface area (Å²) in [4.78, 5) is 3.08. The highest BCUT2D eigenvalue weighted by molar-refractivity contribution is 7.93. The average molecular weight is 544 g/mol. The molecular formula is C18H16Cl2F3N4O4S2+. The molecule has 1 atom stereocenters. The maximum Gasteiger partial charge on any atom is 0.417 e. The Morgan fingerprint density at radius 3 is 2.24 bits per heavy atom. The van der Waals surface area contributed by atoms with Gasteiger partial charge in [0.05, 0.1) is 22.5 Å². The Balaban J connectivity index is 2.13. The van der Waals surface area contributed by atoms with Crippen molar-refractivity contribution in [2.45, 2.75) is 18.0 Å². The standard InChI is InChI=1S/C18H16Cl2F3N4O4S2/c1-10-5-15(16(7-14(10)20)27(2)8-17(25-9-27)32(24,28)29)26-33(30,31)11-3-4-13(19)12(6-11)18(21,22)23/h3-9,26H,1-2H3,(H2,24,28,29)/q+1. The second-order valence-electron chi connectivity index (χ2n) is 7.27. The number of alkyl halides is 3. The lowest BCUT2D eigenvalue weighted by molar-refractivity contribution is -0.137. The molecule has 8 nitrogen and oxygen atoms in total. The Hall–Kier alpha value is -2.16. The molecule has 0 saturated carbocycles. The number of rotatable bonds is 5. The number of primary sulfonamides is 1. The summed E-state index contributed by atoms with van der Waals surface area (Å²) in [5.74, 6) is 0. The normalized spacial score (nSPS) is 19.0. The molecule has 3 rings (SSSR count). The zero-order valence-corrected chi connectivity index (χ0v) is 20.0. The summed E-state index contributed by atoms with van der Waals surface area (Å²) < 4.78 is 90.6. The second-order valence-corrected chi connectivity index (χ2v) is 11.3. The maximum absolute atomic E-state index is 13.2.